The number of aryl methyl sites for hydroxylation is 1. The van der Waals surface area contributed by atoms with Crippen molar-refractivity contribution in [3.63, 3.8) is 0 Å². The van der Waals surface area contributed by atoms with E-state index in [4.69, 9.17) is 0 Å². The van der Waals surface area contributed by atoms with Gasteiger partial charge in [0.1, 0.15) is 5.69 Å². The van der Waals surface area contributed by atoms with E-state index in [0.717, 1.165) is 31.9 Å². The van der Waals surface area contributed by atoms with Crippen molar-refractivity contribution in [2.24, 2.45) is 0 Å². The normalized spacial score (nSPS) is 21.0. The Kier molecular flexibility index (Phi) is 4.62. The molecule has 1 aliphatic heterocycles. The summed E-state index contributed by atoms with van der Waals surface area (Å²) >= 11 is 0. The van der Waals surface area contributed by atoms with E-state index in [9.17, 15) is 9.59 Å². The number of hydrogen-bond acceptors (Lipinski definition) is 3. The topological polar surface area (TPSA) is 56.4 Å². The van der Waals surface area contributed by atoms with Crippen LogP contribution in [-0.4, -0.2) is 52.9 Å². The molecule has 0 aromatic carbocycles. The maximum absolute atomic E-state index is 12.5. The van der Waals surface area contributed by atoms with Gasteiger partial charge in [-0.3, -0.25) is 14.5 Å². The molecule has 5 heteroatoms. The average molecular weight is 303 g/mol. The van der Waals surface area contributed by atoms with Gasteiger partial charge in [0.25, 0.3) is 5.91 Å². The lowest BCUT2D eigenvalue weighted by molar-refractivity contribution is 0.0518. The minimum absolute atomic E-state index is 0.0518. The number of nitrogens with zero attached hydrogens (tertiary/aromatic N) is 2. The molecule has 1 aromatic rings. The minimum Gasteiger partial charge on any atom is -0.354 e. The fraction of sp³-hybridized carbons (Fsp3) is 0.647. The number of carbonyl (C=O) groups excluding carboxylic acids is 1. The first kappa shape index (κ1) is 15.3. The number of hydrogen-bond donors (Lipinski definition) is 1. The third-order valence-electron chi connectivity index (χ3n) is 4.90. The molecule has 1 aliphatic carbocycles. The minimum atomic E-state index is -0.111. The first-order chi connectivity index (χ1) is 10.6. The summed E-state index contributed by atoms with van der Waals surface area (Å²) in [5.41, 5.74) is 1.04. The summed E-state index contributed by atoms with van der Waals surface area (Å²) in [6.07, 6.45) is 6.66. The lowest BCUT2D eigenvalue weighted by Gasteiger charge is -2.40. The summed E-state index contributed by atoms with van der Waals surface area (Å²) in [7, 11) is 0. The van der Waals surface area contributed by atoms with Gasteiger partial charge in [-0.25, -0.2) is 0 Å². The molecule has 3 rings (SSSR count). The number of nitrogens with one attached hydrogen (secondary N) is 1. The maximum atomic E-state index is 12.5. The highest BCUT2D eigenvalue weighted by atomic mass is 16.2. The monoisotopic (exact) mass is 303 g/mol. The van der Waals surface area contributed by atoms with Gasteiger partial charge in [0.2, 0.25) is 0 Å². The molecule has 2 heterocycles. The summed E-state index contributed by atoms with van der Waals surface area (Å²) < 4.78 is 0. The Bertz CT molecular complexity index is 582. The lowest BCUT2D eigenvalue weighted by atomic mass is 9.94. The summed E-state index contributed by atoms with van der Waals surface area (Å²) in [5.74, 6) is -0.0518. The number of pyridine rings is 1. The van der Waals surface area contributed by atoms with Crippen molar-refractivity contribution in [3.05, 3.63) is 33.7 Å². The SMILES string of the molecule is Cc1cc(=O)cc(C(=O)N2CCN(C3CCCCC3)CC2)[nH]1. The van der Waals surface area contributed by atoms with E-state index < -0.39 is 0 Å². The molecule has 0 unspecified atom stereocenters. The van der Waals surface area contributed by atoms with Crippen LogP contribution in [0.25, 0.3) is 0 Å². The second-order valence-corrected chi connectivity index (χ2v) is 6.53. The number of aromatic nitrogens is 1. The standard InChI is InChI=1S/C17H25N3O2/c1-13-11-15(21)12-16(18-13)17(22)20-9-7-19(8-10-20)14-5-3-2-4-6-14/h11-12,14H,2-10H2,1H3,(H,18,21). The molecular formula is C17H25N3O2. The van der Waals surface area contributed by atoms with E-state index in [1.807, 2.05) is 4.90 Å². The highest BCUT2D eigenvalue weighted by Crippen LogP contribution is 2.23. The van der Waals surface area contributed by atoms with Gasteiger partial charge in [-0.2, -0.15) is 0 Å². The zero-order chi connectivity index (χ0) is 15.5. The Balaban J connectivity index is 1.60. The predicted octanol–water partition coefficient (Wildman–Crippen LogP) is 1.77. The van der Waals surface area contributed by atoms with Crippen LogP contribution < -0.4 is 5.43 Å². The molecule has 1 N–H and O–H groups in total. The van der Waals surface area contributed by atoms with Crippen molar-refractivity contribution >= 4 is 5.91 Å². The Morgan fingerprint density at radius 3 is 2.41 bits per heavy atom. The van der Waals surface area contributed by atoms with Crippen molar-refractivity contribution in [3.8, 4) is 0 Å². The van der Waals surface area contributed by atoms with Crippen molar-refractivity contribution in [2.45, 2.75) is 45.1 Å². The van der Waals surface area contributed by atoms with Crippen LogP contribution in [0.3, 0.4) is 0 Å². The maximum Gasteiger partial charge on any atom is 0.270 e. The van der Waals surface area contributed by atoms with Gasteiger partial charge < -0.3 is 9.88 Å². The second-order valence-electron chi connectivity index (χ2n) is 6.53. The van der Waals surface area contributed by atoms with Crippen molar-refractivity contribution in [1.82, 2.24) is 14.8 Å². The van der Waals surface area contributed by atoms with Crippen LogP contribution in [0.4, 0.5) is 0 Å². The van der Waals surface area contributed by atoms with Gasteiger partial charge in [0.15, 0.2) is 5.43 Å². The number of amides is 1. The smallest absolute Gasteiger partial charge is 0.270 e. The van der Waals surface area contributed by atoms with Crippen LogP contribution >= 0.6 is 0 Å². The zero-order valence-corrected chi connectivity index (χ0v) is 13.3. The molecule has 0 bridgehead atoms. The molecule has 2 fully saturated rings. The molecule has 1 aromatic heterocycles. The van der Waals surface area contributed by atoms with Gasteiger partial charge in [0.05, 0.1) is 0 Å². The van der Waals surface area contributed by atoms with Gasteiger partial charge in [-0.15, -0.1) is 0 Å². The van der Waals surface area contributed by atoms with Crippen LogP contribution in [0.5, 0.6) is 0 Å². The fourth-order valence-corrected chi connectivity index (χ4v) is 3.70. The molecule has 5 nitrogen and oxygen atoms in total. The van der Waals surface area contributed by atoms with Crippen LogP contribution in [0.15, 0.2) is 16.9 Å². The Morgan fingerprint density at radius 1 is 1.09 bits per heavy atom. The van der Waals surface area contributed by atoms with Crippen LogP contribution in [0, 0.1) is 6.92 Å². The van der Waals surface area contributed by atoms with E-state index in [0.29, 0.717) is 11.7 Å². The van der Waals surface area contributed by atoms with Crippen molar-refractivity contribution in [1.29, 1.82) is 0 Å². The van der Waals surface area contributed by atoms with Gasteiger partial charge in [0, 0.05) is 50.0 Å². The zero-order valence-electron chi connectivity index (χ0n) is 13.3. The molecule has 1 saturated carbocycles. The molecule has 1 saturated heterocycles. The molecular weight excluding hydrogens is 278 g/mol. The highest BCUT2D eigenvalue weighted by Gasteiger charge is 2.27. The largest absolute Gasteiger partial charge is 0.354 e. The van der Waals surface area contributed by atoms with E-state index in [-0.39, 0.29) is 11.3 Å². The molecule has 0 spiro atoms. The van der Waals surface area contributed by atoms with Crippen LogP contribution in [0.2, 0.25) is 0 Å². The molecule has 22 heavy (non-hydrogen) atoms. The van der Waals surface area contributed by atoms with E-state index >= 15 is 0 Å². The number of rotatable bonds is 2. The second kappa shape index (κ2) is 6.65. The Hall–Kier alpha value is -1.62. The van der Waals surface area contributed by atoms with Crippen LogP contribution in [0.1, 0.15) is 48.3 Å². The number of piperazine rings is 1. The molecule has 0 atom stereocenters. The molecule has 1 amide bonds. The van der Waals surface area contributed by atoms with E-state index in [2.05, 4.69) is 9.88 Å². The molecule has 120 valence electrons. The first-order valence-corrected chi connectivity index (χ1v) is 8.38. The fourth-order valence-electron chi connectivity index (χ4n) is 3.70. The number of aromatic amines is 1. The molecule has 0 radical (unpaired) electrons. The van der Waals surface area contributed by atoms with Crippen molar-refractivity contribution < 1.29 is 4.79 Å². The van der Waals surface area contributed by atoms with Crippen molar-refractivity contribution in [2.75, 3.05) is 26.2 Å². The average Bonchev–Trinajstić information content (AvgIpc) is 2.54. The Labute approximate surface area is 131 Å². The summed E-state index contributed by atoms with van der Waals surface area (Å²) in [5, 5.41) is 0. The summed E-state index contributed by atoms with van der Waals surface area (Å²) in [6.45, 7) is 5.22. The predicted molar refractivity (Wildman–Crippen MR) is 86.1 cm³/mol. The first-order valence-electron chi connectivity index (χ1n) is 8.38. The highest BCUT2D eigenvalue weighted by molar-refractivity contribution is 5.92. The third-order valence-corrected chi connectivity index (χ3v) is 4.90. The number of carbonyl (C=O) groups is 1. The molecule has 2 aliphatic rings. The number of H-pyrrole nitrogens is 1. The van der Waals surface area contributed by atoms with Gasteiger partial charge >= 0.3 is 0 Å². The lowest BCUT2D eigenvalue weighted by Crippen LogP contribution is -2.52. The Morgan fingerprint density at radius 2 is 1.77 bits per heavy atom. The van der Waals surface area contributed by atoms with Gasteiger partial charge in [-0.05, 0) is 19.8 Å². The van der Waals surface area contributed by atoms with E-state index in [1.165, 1.54) is 44.2 Å². The van der Waals surface area contributed by atoms with Gasteiger partial charge in [-0.1, -0.05) is 19.3 Å². The quantitative estimate of drug-likeness (QED) is 0.906. The summed E-state index contributed by atoms with van der Waals surface area (Å²) in [6, 6.07) is 3.63. The summed E-state index contributed by atoms with van der Waals surface area (Å²) in [4.78, 5) is 31.5. The van der Waals surface area contributed by atoms with E-state index in [1.54, 1.807) is 6.92 Å². The third kappa shape index (κ3) is 3.40. The van der Waals surface area contributed by atoms with Crippen LogP contribution in [-0.2, 0) is 0 Å².